The second kappa shape index (κ2) is 3.92. The van der Waals surface area contributed by atoms with Crippen molar-refractivity contribution in [2.24, 2.45) is 5.73 Å². The first kappa shape index (κ1) is 9.87. The molecule has 16 heavy (non-hydrogen) atoms. The summed E-state index contributed by atoms with van der Waals surface area (Å²) in [6.07, 6.45) is 3.40. The Kier molecular flexibility index (Phi) is 2.42. The van der Waals surface area contributed by atoms with Crippen LogP contribution in [0.5, 0.6) is 0 Å². The van der Waals surface area contributed by atoms with Gasteiger partial charge >= 0.3 is 0 Å². The Morgan fingerprint density at radius 2 is 2.25 bits per heavy atom. The van der Waals surface area contributed by atoms with Gasteiger partial charge in [0.25, 0.3) is 0 Å². The number of aromatic amines is 1. The van der Waals surface area contributed by atoms with Crippen LogP contribution in [0.1, 0.15) is 18.0 Å². The van der Waals surface area contributed by atoms with E-state index < -0.39 is 0 Å². The van der Waals surface area contributed by atoms with Crippen LogP contribution in [0.2, 0.25) is 0 Å². The van der Waals surface area contributed by atoms with Crippen molar-refractivity contribution in [2.45, 2.75) is 12.5 Å². The number of hydrogen-bond donors (Lipinski definition) is 2. The van der Waals surface area contributed by atoms with E-state index in [2.05, 4.69) is 40.3 Å². The molecule has 0 spiro atoms. The van der Waals surface area contributed by atoms with Crippen molar-refractivity contribution in [3.63, 3.8) is 0 Å². The number of H-pyrrole nitrogens is 1. The van der Waals surface area contributed by atoms with Gasteiger partial charge in [0.1, 0.15) is 0 Å². The zero-order chi connectivity index (χ0) is 11.0. The highest BCUT2D eigenvalue weighted by molar-refractivity contribution is 5.83. The van der Waals surface area contributed by atoms with Crippen LogP contribution in [-0.4, -0.2) is 29.5 Å². The van der Waals surface area contributed by atoms with E-state index in [1.165, 1.54) is 29.4 Å². The molecule has 2 heterocycles. The molecule has 84 valence electrons. The highest BCUT2D eigenvalue weighted by Gasteiger charge is 2.30. The zero-order valence-electron chi connectivity index (χ0n) is 9.32. The molecule has 1 aromatic heterocycles. The fourth-order valence-corrected chi connectivity index (χ4v) is 2.60. The van der Waals surface area contributed by atoms with E-state index in [1.807, 2.05) is 0 Å². The quantitative estimate of drug-likeness (QED) is 0.821. The van der Waals surface area contributed by atoms with Crippen molar-refractivity contribution in [2.75, 3.05) is 19.6 Å². The van der Waals surface area contributed by atoms with Gasteiger partial charge in [-0.15, -0.1) is 0 Å². The van der Waals surface area contributed by atoms with Gasteiger partial charge in [-0.1, -0.05) is 18.2 Å². The number of para-hydroxylation sites is 1. The second-order valence-corrected chi connectivity index (χ2v) is 4.42. The Bertz CT molecular complexity index is 489. The van der Waals surface area contributed by atoms with Gasteiger partial charge in [0.2, 0.25) is 0 Å². The molecular formula is C13H17N3. The maximum absolute atomic E-state index is 5.62. The number of rotatable bonds is 3. The first-order valence-electron chi connectivity index (χ1n) is 5.90. The molecule has 1 fully saturated rings. The average Bonchev–Trinajstić information content (AvgIpc) is 2.69. The lowest BCUT2D eigenvalue weighted by molar-refractivity contribution is 0.0962. The molecule has 2 aromatic rings. The third-order valence-corrected chi connectivity index (χ3v) is 3.53. The van der Waals surface area contributed by atoms with Gasteiger partial charge in [0.05, 0.1) is 0 Å². The fraction of sp³-hybridized carbons (Fsp3) is 0.385. The molecule has 0 amide bonds. The van der Waals surface area contributed by atoms with Crippen molar-refractivity contribution < 1.29 is 0 Å². The van der Waals surface area contributed by atoms with Gasteiger partial charge in [0, 0.05) is 42.8 Å². The highest BCUT2D eigenvalue weighted by Crippen LogP contribution is 2.36. The van der Waals surface area contributed by atoms with E-state index in [-0.39, 0.29) is 0 Å². The lowest BCUT2D eigenvalue weighted by Crippen LogP contribution is -2.43. The third-order valence-electron chi connectivity index (χ3n) is 3.53. The summed E-state index contributed by atoms with van der Waals surface area (Å²) in [5.74, 6) is 0. The molecule has 0 saturated carbocycles. The first-order valence-corrected chi connectivity index (χ1v) is 5.90. The summed E-state index contributed by atoms with van der Waals surface area (Å²) in [7, 11) is 0. The smallest absolute Gasteiger partial charge is 0.0457 e. The standard InChI is InChI=1S/C13H17N3/c14-6-8-16-7-5-13(16)11-9-15-12-4-2-1-3-10(11)12/h1-4,9,13,15H,5-8,14H2. The van der Waals surface area contributed by atoms with Crippen LogP contribution >= 0.6 is 0 Å². The molecule has 0 aliphatic carbocycles. The Hall–Kier alpha value is -1.32. The number of benzene rings is 1. The molecular weight excluding hydrogens is 198 g/mol. The van der Waals surface area contributed by atoms with E-state index in [9.17, 15) is 0 Å². The summed E-state index contributed by atoms with van der Waals surface area (Å²) < 4.78 is 0. The van der Waals surface area contributed by atoms with Crippen LogP contribution < -0.4 is 5.73 Å². The van der Waals surface area contributed by atoms with Crippen LogP contribution in [0.3, 0.4) is 0 Å². The van der Waals surface area contributed by atoms with E-state index in [0.29, 0.717) is 6.04 Å². The maximum Gasteiger partial charge on any atom is 0.0457 e. The van der Waals surface area contributed by atoms with E-state index in [0.717, 1.165) is 13.1 Å². The van der Waals surface area contributed by atoms with E-state index >= 15 is 0 Å². The normalized spacial score (nSPS) is 21.2. The minimum absolute atomic E-state index is 0.569. The molecule has 1 atom stereocenters. The van der Waals surface area contributed by atoms with Gasteiger partial charge in [-0.05, 0) is 18.1 Å². The number of nitrogens with two attached hydrogens (primary N) is 1. The van der Waals surface area contributed by atoms with Gasteiger partial charge in [-0.2, -0.15) is 0 Å². The Morgan fingerprint density at radius 1 is 1.38 bits per heavy atom. The van der Waals surface area contributed by atoms with Crippen molar-refractivity contribution in [1.82, 2.24) is 9.88 Å². The minimum Gasteiger partial charge on any atom is -0.361 e. The highest BCUT2D eigenvalue weighted by atomic mass is 15.2. The number of aromatic nitrogens is 1. The summed E-state index contributed by atoms with van der Waals surface area (Å²) in [5.41, 5.74) is 8.28. The summed E-state index contributed by atoms with van der Waals surface area (Å²) >= 11 is 0. The van der Waals surface area contributed by atoms with Gasteiger partial charge in [-0.25, -0.2) is 0 Å². The molecule has 3 heteroatoms. The third kappa shape index (κ3) is 1.44. The van der Waals surface area contributed by atoms with Crippen molar-refractivity contribution in [1.29, 1.82) is 0 Å². The monoisotopic (exact) mass is 215 g/mol. The molecule has 0 radical (unpaired) electrons. The number of hydrogen-bond acceptors (Lipinski definition) is 2. The minimum atomic E-state index is 0.569. The number of nitrogens with zero attached hydrogens (tertiary/aromatic N) is 1. The molecule has 3 nitrogen and oxygen atoms in total. The Morgan fingerprint density at radius 3 is 3.00 bits per heavy atom. The number of likely N-dealkylation sites (tertiary alicyclic amines) is 1. The zero-order valence-corrected chi connectivity index (χ0v) is 9.32. The lowest BCUT2D eigenvalue weighted by atomic mass is 9.94. The molecule has 3 N–H and O–H groups in total. The lowest BCUT2D eigenvalue weighted by Gasteiger charge is -2.40. The van der Waals surface area contributed by atoms with Crippen molar-refractivity contribution in [3.05, 3.63) is 36.0 Å². The van der Waals surface area contributed by atoms with Crippen LogP contribution in [0, 0.1) is 0 Å². The summed E-state index contributed by atoms with van der Waals surface area (Å²) in [5, 5.41) is 1.36. The van der Waals surface area contributed by atoms with Gasteiger partial charge < -0.3 is 10.7 Å². The van der Waals surface area contributed by atoms with Crippen molar-refractivity contribution >= 4 is 10.9 Å². The SMILES string of the molecule is NCCN1CCC1c1c[nH]c2ccccc12. The summed E-state index contributed by atoms with van der Waals surface area (Å²) in [6.45, 7) is 2.93. The molecule has 1 saturated heterocycles. The Balaban J connectivity index is 1.94. The topological polar surface area (TPSA) is 45.0 Å². The number of nitrogens with one attached hydrogen (secondary N) is 1. The second-order valence-electron chi connectivity index (χ2n) is 4.42. The molecule has 1 aliphatic heterocycles. The largest absolute Gasteiger partial charge is 0.361 e. The molecule has 1 unspecified atom stereocenters. The Labute approximate surface area is 95.2 Å². The van der Waals surface area contributed by atoms with Crippen molar-refractivity contribution in [3.8, 4) is 0 Å². The summed E-state index contributed by atoms with van der Waals surface area (Å²) in [6, 6.07) is 9.07. The van der Waals surface area contributed by atoms with Crippen LogP contribution in [-0.2, 0) is 0 Å². The average molecular weight is 215 g/mol. The van der Waals surface area contributed by atoms with Gasteiger partial charge in [-0.3, -0.25) is 4.90 Å². The van der Waals surface area contributed by atoms with E-state index in [1.54, 1.807) is 0 Å². The van der Waals surface area contributed by atoms with E-state index in [4.69, 9.17) is 5.73 Å². The molecule has 3 rings (SSSR count). The number of fused-ring (bicyclic) bond motifs is 1. The van der Waals surface area contributed by atoms with Crippen LogP contribution in [0.15, 0.2) is 30.5 Å². The summed E-state index contributed by atoms with van der Waals surface area (Å²) in [4.78, 5) is 5.80. The predicted molar refractivity (Wildman–Crippen MR) is 66.3 cm³/mol. The van der Waals surface area contributed by atoms with Crippen LogP contribution in [0.25, 0.3) is 10.9 Å². The maximum atomic E-state index is 5.62. The molecule has 1 aliphatic rings. The van der Waals surface area contributed by atoms with Crippen LogP contribution in [0.4, 0.5) is 0 Å². The molecule has 1 aromatic carbocycles. The fourth-order valence-electron chi connectivity index (χ4n) is 2.60. The first-order chi connectivity index (χ1) is 7.90. The van der Waals surface area contributed by atoms with Gasteiger partial charge in [0.15, 0.2) is 0 Å². The molecule has 0 bridgehead atoms. The predicted octanol–water partition coefficient (Wildman–Crippen LogP) is 1.87.